The van der Waals surface area contributed by atoms with Crippen molar-refractivity contribution in [2.24, 2.45) is 0 Å². The van der Waals surface area contributed by atoms with E-state index in [1.54, 1.807) is 18.0 Å². The number of nitrogens with zero attached hydrogens (tertiary/aromatic N) is 6. The summed E-state index contributed by atoms with van der Waals surface area (Å²) in [6.07, 6.45) is 4.66. The summed E-state index contributed by atoms with van der Waals surface area (Å²) in [4.78, 5) is 4.80. The lowest BCUT2D eigenvalue weighted by atomic mass is 10.1. The van der Waals surface area contributed by atoms with E-state index in [0.717, 1.165) is 56.5 Å². The van der Waals surface area contributed by atoms with Crippen LogP contribution in [-0.4, -0.2) is 64.7 Å². The molecule has 7 heteroatoms. The fourth-order valence-electron chi connectivity index (χ4n) is 3.29. The van der Waals surface area contributed by atoms with Gasteiger partial charge in [-0.1, -0.05) is 12.1 Å². The number of piperazine rings is 1. The van der Waals surface area contributed by atoms with Crippen LogP contribution in [0.3, 0.4) is 0 Å². The van der Waals surface area contributed by atoms with Gasteiger partial charge in [-0.3, -0.25) is 4.90 Å². The van der Waals surface area contributed by atoms with Crippen molar-refractivity contribution >= 4 is 5.82 Å². The summed E-state index contributed by atoms with van der Waals surface area (Å²) in [7, 11) is 1.70. The molecule has 0 N–H and O–H groups in total. The molecule has 1 aliphatic rings. The van der Waals surface area contributed by atoms with E-state index in [1.807, 2.05) is 36.5 Å². The lowest BCUT2D eigenvalue weighted by Gasteiger charge is -2.35. The van der Waals surface area contributed by atoms with Gasteiger partial charge in [0.15, 0.2) is 11.6 Å². The number of methoxy groups -OCH3 is 1. The fraction of sp³-hybridized carbons (Fsp3) is 0.350. The van der Waals surface area contributed by atoms with E-state index in [9.17, 15) is 0 Å². The first-order valence-corrected chi connectivity index (χ1v) is 9.26. The summed E-state index contributed by atoms with van der Waals surface area (Å²) < 4.78 is 6.93. The standard InChI is InChI=1S/C20H24N6O/c1-27-18-5-3-17(4-6-18)9-12-24-13-15-25(16-14-24)19-7-8-20(23-22-19)26-11-2-10-21-26/h2-8,10-11H,9,12-16H2,1H3. The maximum absolute atomic E-state index is 5.21. The van der Waals surface area contributed by atoms with Gasteiger partial charge in [0.05, 0.1) is 7.11 Å². The number of benzene rings is 1. The summed E-state index contributed by atoms with van der Waals surface area (Å²) in [5.74, 6) is 2.58. The topological polar surface area (TPSA) is 59.3 Å². The molecule has 0 atom stereocenters. The molecule has 0 saturated carbocycles. The number of ether oxygens (including phenoxy) is 1. The summed E-state index contributed by atoms with van der Waals surface area (Å²) in [5.41, 5.74) is 1.35. The number of aromatic nitrogens is 4. The summed E-state index contributed by atoms with van der Waals surface area (Å²) in [6, 6.07) is 14.2. The highest BCUT2D eigenvalue weighted by molar-refractivity contribution is 5.40. The minimum absolute atomic E-state index is 0.738. The molecule has 7 nitrogen and oxygen atoms in total. The largest absolute Gasteiger partial charge is 0.497 e. The average molecular weight is 364 g/mol. The molecular formula is C20H24N6O. The van der Waals surface area contributed by atoms with Crippen LogP contribution < -0.4 is 9.64 Å². The molecule has 2 aromatic heterocycles. The van der Waals surface area contributed by atoms with Crippen molar-refractivity contribution in [2.45, 2.75) is 6.42 Å². The third-order valence-corrected chi connectivity index (χ3v) is 4.95. The molecule has 140 valence electrons. The van der Waals surface area contributed by atoms with Gasteiger partial charge in [0.2, 0.25) is 0 Å². The highest BCUT2D eigenvalue weighted by atomic mass is 16.5. The summed E-state index contributed by atoms with van der Waals surface area (Å²) in [5, 5.41) is 12.8. The Morgan fingerprint density at radius 1 is 0.926 bits per heavy atom. The molecule has 3 heterocycles. The molecule has 0 spiro atoms. The Kier molecular flexibility index (Phi) is 5.29. The fourth-order valence-corrected chi connectivity index (χ4v) is 3.29. The predicted molar refractivity (Wildman–Crippen MR) is 105 cm³/mol. The van der Waals surface area contributed by atoms with Crippen LogP contribution in [-0.2, 0) is 6.42 Å². The smallest absolute Gasteiger partial charge is 0.175 e. The first kappa shape index (κ1) is 17.5. The minimum Gasteiger partial charge on any atom is -0.497 e. The van der Waals surface area contributed by atoms with Crippen LogP contribution in [0.5, 0.6) is 5.75 Å². The molecule has 27 heavy (non-hydrogen) atoms. The van der Waals surface area contributed by atoms with Crippen LogP contribution in [0.4, 0.5) is 5.82 Å². The summed E-state index contributed by atoms with van der Waals surface area (Å²) in [6.45, 7) is 5.10. The average Bonchev–Trinajstić information content (AvgIpc) is 3.28. The Morgan fingerprint density at radius 3 is 2.30 bits per heavy atom. The minimum atomic E-state index is 0.738. The van der Waals surface area contributed by atoms with Crippen LogP contribution in [0.25, 0.3) is 5.82 Å². The van der Waals surface area contributed by atoms with Crippen LogP contribution in [0.15, 0.2) is 54.9 Å². The van der Waals surface area contributed by atoms with Gasteiger partial charge in [-0.2, -0.15) is 5.10 Å². The molecule has 3 aromatic rings. The van der Waals surface area contributed by atoms with Crippen molar-refractivity contribution in [1.82, 2.24) is 24.9 Å². The SMILES string of the molecule is COc1ccc(CCN2CCN(c3ccc(-n4cccn4)nn3)CC2)cc1. The number of anilines is 1. The van der Waals surface area contributed by atoms with Crippen molar-refractivity contribution < 1.29 is 4.74 Å². The van der Waals surface area contributed by atoms with Crippen LogP contribution >= 0.6 is 0 Å². The van der Waals surface area contributed by atoms with Gasteiger partial charge in [-0.25, -0.2) is 4.68 Å². The Morgan fingerprint density at radius 2 is 1.67 bits per heavy atom. The van der Waals surface area contributed by atoms with Gasteiger partial charge in [0.25, 0.3) is 0 Å². The second kappa shape index (κ2) is 8.18. The molecule has 1 fully saturated rings. The van der Waals surface area contributed by atoms with E-state index in [2.05, 4.69) is 37.2 Å². The Bertz CT molecular complexity index is 824. The monoisotopic (exact) mass is 364 g/mol. The van der Waals surface area contributed by atoms with Crippen molar-refractivity contribution in [3.8, 4) is 11.6 Å². The van der Waals surface area contributed by atoms with Crippen LogP contribution in [0.1, 0.15) is 5.56 Å². The third-order valence-electron chi connectivity index (χ3n) is 4.95. The Balaban J connectivity index is 1.27. The molecule has 0 unspecified atom stereocenters. The molecule has 0 radical (unpaired) electrons. The molecule has 4 rings (SSSR count). The first-order valence-electron chi connectivity index (χ1n) is 9.26. The van der Waals surface area contributed by atoms with Gasteiger partial charge in [0, 0.05) is 45.1 Å². The number of hydrogen-bond acceptors (Lipinski definition) is 6. The Hall–Kier alpha value is -2.93. The van der Waals surface area contributed by atoms with Crippen molar-refractivity contribution in [3.05, 3.63) is 60.4 Å². The Labute approximate surface area is 159 Å². The van der Waals surface area contributed by atoms with Crippen molar-refractivity contribution in [1.29, 1.82) is 0 Å². The predicted octanol–water partition coefficient (Wildman–Crippen LogP) is 2.04. The molecule has 1 aliphatic heterocycles. The van der Waals surface area contributed by atoms with Gasteiger partial charge >= 0.3 is 0 Å². The zero-order chi connectivity index (χ0) is 18.5. The van der Waals surface area contributed by atoms with Crippen molar-refractivity contribution in [2.75, 3.05) is 44.7 Å². The van der Waals surface area contributed by atoms with E-state index in [1.165, 1.54) is 5.56 Å². The zero-order valence-corrected chi connectivity index (χ0v) is 15.5. The lowest BCUT2D eigenvalue weighted by molar-refractivity contribution is 0.260. The third kappa shape index (κ3) is 4.25. The second-order valence-corrected chi connectivity index (χ2v) is 6.63. The summed E-state index contributed by atoms with van der Waals surface area (Å²) >= 11 is 0. The van der Waals surface area contributed by atoms with Crippen molar-refractivity contribution in [3.63, 3.8) is 0 Å². The molecule has 0 bridgehead atoms. The maximum Gasteiger partial charge on any atom is 0.175 e. The number of hydrogen-bond donors (Lipinski definition) is 0. The van der Waals surface area contributed by atoms with E-state index in [4.69, 9.17) is 4.74 Å². The highest BCUT2D eigenvalue weighted by Crippen LogP contribution is 2.15. The normalized spacial score (nSPS) is 15.1. The number of rotatable bonds is 6. The van der Waals surface area contributed by atoms with E-state index >= 15 is 0 Å². The zero-order valence-electron chi connectivity index (χ0n) is 15.5. The lowest BCUT2D eigenvalue weighted by Crippen LogP contribution is -2.47. The molecule has 1 aromatic carbocycles. The quantitative estimate of drug-likeness (QED) is 0.667. The maximum atomic E-state index is 5.21. The van der Waals surface area contributed by atoms with Gasteiger partial charge < -0.3 is 9.64 Å². The van der Waals surface area contributed by atoms with Crippen LogP contribution in [0, 0.1) is 0 Å². The second-order valence-electron chi connectivity index (χ2n) is 6.63. The first-order chi connectivity index (χ1) is 13.3. The highest BCUT2D eigenvalue weighted by Gasteiger charge is 2.18. The van der Waals surface area contributed by atoms with Crippen LogP contribution in [0.2, 0.25) is 0 Å². The molecule has 1 saturated heterocycles. The van der Waals surface area contributed by atoms with Gasteiger partial charge in [-0.05, 0) is 42.3 Å². The van der Waals surface area contributed by atoms with Gasteiger partial charge in [-0.15, -0.1) is 10.2 Å². The van der Waals surface area contributed by atoms with E-state index in [0.29, 0.717) is 0 Å². The molecule has 0 amide bonds. The van der Waals surface area contributed by atoms with E-state index < -0.39 is 0 Å². The molecule has 0 aliphatic carbocycles. The molecular weight excluding hydrogens is 340 g/mol. The van der Waals surface area contributed by atoms with E-state index in [-0.39, 0.29) is 0 Å². The van der Waals surface area contributed by atoms with Gasteiger partial charge in [0.1, 0.15) is 5.75 Å².